The second-order valence-electron chi connectivity index (χ2n) is 6.37. The third kappa shape index (κ3) is 6.35. The van der Waals surface area contributed by atoms with E-state index >= 15 is 0 Å². The Morgan fingerprint density at radius 1 is 1.10 bits per heavy atom. The van der Waals surface area contributed by atoms with Crippen molar-refractivity contribution in [2.24, 2.45) is 5.16 Å². The lowest BCUT2D eigenvalue weighted by molar-refractivity contribution is -0.107. The molecule has 160 valence electrons. The van der Waals surface area contributed by atoms with E-state index in [2.05, 4.69) is 5.16 Å². The van der Waals surface area contributed by atoms with Crippen molar-refractivity contribution in [2.45, 2.75) is 19.3 Å². The SMILES string of the molecule is CCN(CC(=NOC)C(CC=O)c1ccc(Cl)c(Cl)c1)C(=O)c1cc(Cl)cc(Cl)c1. The Hall–Kier alpha value is -1.79. The highest BCUT2D eigenvalue weighted by Gasteiger charge is 2.25. The minimum atomic E-state index is -0.443. The molecule has 0 fully saturated rings. The molecular formula is C21H20Cl4N2O3. The number of carbonyl (C=O) groups is 2. The maximum atomic E-state index is 13.0. The lowest BCUT2D eigenvalue weighted by atomic mass is 9.91. The maximum Gasteiger partial charge on any atom is 0.254 e. The molecular weight excluding hydrogens is 470 g/mol. The van der Waals surface area contributed by atoms with Gasteiger partial charge in [0.2, 0.25) is 0 Å². The second kappa shape index (κ2) is 11.6. The van der Waals surface area contributed by atoms with Gasteiger partial charge in [-0.2, -0.15) is 0 Å². The molecule has 1 atom stereocenters. The van der Waals surface area contributed by atoms with E-state index in [4.69, 9.17) is 51.2 Å². The molecule has 30 heavy (non-hydrogen) atoms. The number of amides is 1. The molecule has 0 N–H and O–H groups in total. The van der Waals surface area contributed by atoms with Crippen LogP contribution in [0.5, 0.6) is 0 Å². The first-order chi connectivity index (χ1) is 14.3. The molecule has 9 heteroatoms. The van der Waals surface area contributed by atoms with E-state index < -0.39 is 5.92 Å². The molecule has 1 unspecified atom stereocenters. The van der Waals surface area contributed by atoms with Crippen molar-refractivity contribution in [1.29, 1.82) is 0 Å². The number of halogens is 4. The Morgan fingerprint density at radius 2 is 1.77 bits per heavy atom. The van der Waals surface area contributed by atoms with Gasteiger partial charge in [-0.25, -0.2) is 0 Å². The highest BCUT2D eigenvalue weighted by molar-refractivity contribution is 6.42. The van der Waals surface area contributed by atoms with Gasteiger partial charge in [0.15, 0.2) is 0 Å². The molecule has 0 aliphatic rings. The summed E-state index contributed by atoms with van der Waals surface area (Å²) in [7, 11) is 1.40. The third-order valence-electron chi connectivity index (χ3n) is 4.42. The summed E-state index contributed by atoms with van der Waals surface area (Å²) in [6.07, 6.45) is 0.919. The van der Waals surface area contributed by atoms with Crippen LogP contribution in [-0.4, -0.2) is 43.0 Å². The zero-order valence-electron chi connectivity index (χ0n) is 16.4. The van der Waals surface area contributed by atoms with Crippen molar-refractivity contribution in [3.8, 4) is 0 Å². The number of benzene rings is 2. The first kappa shape index (κ1) is 24.5. The zero-order valence-corrected chi connectivity index (χ0v) is 19.4. The number of hydrogen-bond donors (Lipinski definition) is 0. The second-order valence-corrected chi connectivity index (χ2v) is 8.06. The molecule has 5 nitrogen and oxygen atoms in total. The standard InChI is InChI=1S/C21H20Cl4N2O3/c1-3-27(21(29)14-8-15(22)11-16(23)9-14)12-20(26-30-2)17(6-7-28)13-4-5-18(24)19(25)10-13/h4-5,7-11,17H,3,6,12H2,1-2H3. The molecule has 0 spiro atoms. The molecule has 0 bridgehead atoms. The highest BCUT2D eigenvalue weighted by Crippen LogP contribution is 2.29. The molecule has 1 amide bonds. The fourth-order valence-electron chi connectivity index (χ4n) is 2.99. The number of aldehydes is 1. The predicted molar refractivity (Wildman–Crippen MR) is 122 cm³/mol. The van der Waals surface area contributed by atoms with Gasteiger partial charge in [0.1, 0.15) is 13.4 Å². The molecule has 0 aliphatic heterocycles. The highest BCUT2D eigenvalue weighted by atomic mass is 35.5. The van der Waals surface area contributed by atoms with Crippen LogP contribution in [-0.2, 0) is 9.63 Å². The van der Waals surface area contributed by atoms with E-state index in [1.54, 1.807) is 41.3 Å². The molecule has 0 aromatic heterocycles. The molecule has 2 aromatic carbocycles. The lowest BCUT2D eigenvalue weighted by Crippen LogP contribution is -2.37. The Morgan fingerprint density at radius 3 is 2.30 bits per heavy atom. The van der Waals surface area contributed by atoms with Crippen LogP contribution in [0.25, 0.3) is 0 Å². The van der Waals surface area contributed by atoms with Gasteiger partial charge in [-0.05, 0) is 42.8 Å². The monoisotopic (exact) mass is 488 g/mol. The average Bonchev–Trinajstić information content (AvgIpc) is 2.70. The van der Waals surface area contributed by atoms with Crippen molar-refractivity contribution in [2.75, 3.05) is 20.2 Å². The number of oxime groups is 1. The largest absolute Gasteiger partial charge is 0.399 e. The summed E-state index contributed by atoms with van der Waals surface area (Å²) in [5.41, 5.74) is 1.58. The van der Waals surface area contributed by atoms with Crippen molar-refractivity contribution in [3.63, 3.8) is 0 Å². The smallest absolute Gasteiger partial charge is 0.254 e. The van der Waals surface area contributed by atoms with E-state index in [1.807, 2.05) is 6.92 Å². The van der Waals surface area contributed by atoms with Gasteiger partial charge in [-0.15, -0.1) is 0 Å². The van der Waals surface area contributed by atoms with Crippen LogP contribution < -0.4 is 0 Å². The predicted octanol–water partition coefficient (Wildman–Crippen LogP) is 6.14. The molecule has 0 saturated heterocycles. The van der Waals surface area contributed by atoms with E-state index in [0.29, 0.717) is 37.9 Å². The molecule has 0 aliphatic carbocycles. The van der Waals surface area contributed by atoms with Gasteiger partial charge < -0.3 is 14.5 Å². The van der Waals surface area contributed by atoms with Gasteiger partial charge in [0.05, 0.1) is 22.3 Å². The van der Waals surface area contributed by atoms with Crippen LogP contribution in [0.2, 0.25) is 20.1 Å². The molecule has 0 heterocycles. The minimum absolute atomic E-state index is 0.131. The lowest BCUT2D eigenvalue weighted by Gasteiger charge is -2.25. The summed E-state index contributed by atoms with van der Waals surface area (Å²) in [6.45, 7) is 2.36. The van der Waals surface area contributed by atoms with Crippen molar-refractivity contribution in [1.82, 2.24) is 4.90 Å². The van der Waals surface area contributed by atoms with E-state index in [1.165, 1.54) is 7.11 Å². The minimum Gasteiger partial charge on any atom is -0.399 e. The number of rotatable bonds is 9. The summed E-state index contributed by atoms with van der Waals surface area (Å²) in [4.78, 5) is 31.0. The van der Waals surface area contributed by atoms with Gasteiger partial charge >= 0.3 is 0 Å². The molecule has 2 rings (SSSR count). The number of hydrogen-bond acceptors (Lipinski definition) is 4. The van der Waals surface area contributed by atoms with Gasteiger partial charge in [0, 0.05) is 34.5 Å². The Balaban J connectivity index is 2.38. The quantitative estimate of drug-likeness (QED) is 0.241. The Kier molecular flexibility index (Phi) is 9.43. The van der Waals surface area contributed by atoms with Crippen LogP contribution >= 0.6 is 46.4 Å². The Bertz CT molecular complexity index is 930. The molecule has 0 saturated carbocycles. The third-order valence-corrected chi connectivity index (χ3v) is 5.60. The summed E-state index contributed by atoms with van der Waals surface area (Å²) in [5.74, 6) is -0.716. The fourth-order valence-corrected chi connectivity index (χ4v) is 3.83. The molecule has 2 aromatic rings. The topological polar surface area (TPSA) is 59.0 Å². The van der Waals surface area contributed by atoms with E-state index in [9.17, 15) is 9.59 Å². The summed E-state index contributed by atoms with van der Waals surface area (Å²) >= 11 is 24.2. The van der Waals surface area contributed by atoms with Gasteiger partial charge in [-0.1, -0.05) is 57.6 Å². The number of nitrogens with zero attached hydrogens (tertiary/aromatic N) is 2. The first-order valence-electron chi connectivity index (χ1n) is 9.04. The van der Waals surface area contributed by atoms with E-state index in [-0.39, 0.29) is 18.9 Å². The van der Waals surface area contributed by atoms with Crippen LogP contribution in [0.4, 0.5) is 0 Å². The molecule has 0 radical (unpaired) electrons. The summed E-state index contributed by atoms with van der Waals surface area (Å²) in [6, 6.07) is 9.75. The normalized spacial score (nSPS) is 12.4. The van der Waals surface area contributed by atoms with Crippen molar-refractivity contribution < 1.29 is 14.4 Å². The zero-order chi connectivity index (χ0) is 22.3. The van der Waals surface area contributed by atoms with E-state index in [0.717, 1.165) is 11.8 Å². The Labute approximate surface area is 195 Å². The van der Waals surface area contributed by atoms with Crippen LogP contribution in [0.15, 0.2) is 41.6 Å². The maximum absolute atomic E-state index is 13.0. The fraction of sp³-hybridized carbons (Fsp3) is 0.286. The van der Waals surface area contributed by atoms with Gasteiger partial charge in [0.25, 0.3) is 5.91 Å². The van der Waals surface area contributed by atoms with Crippen LogP contribution in [0.3, 0.4) is 0 Å². The van der Waals surface area contributed by atoms with Gasteiger partial charge in [-0.3, -0.25) is 4.79 Å². The van der Waals surface area contributed by atoms with Crippen molar-refractivity contribution >= 4 is 64.3 Å². The van der Waals surface area contributed by atoms with Crippen molar-refractivity contribution in [3.05, 3.63) is 67.6 Å². The van der Waals surface area contributed by atoms with Crippen LogP contribution in [0.1, 0.15) is 35.2 Å². The number of carbonyl (C=O) groups excluding carboxylic acids is 2. The van der Waals surface area contributed by atoms with Crippen LogP contribution in [0, 0.1) is 0 Å². The summed E-state index contributed by atoms with van der Waals surface area (Å²) < 4.78 is 0. The average molecular weight is 490 g/mol. The first-order valence-corrected chi connectivity index (χ1v) is 10.6. The summed E-state index contributed by atoms with van der Waals surface area (Å²) in [5, 5.41) is 5.59.